The third-order valence-electron chi connectivity index (χ3n) is 1.61. The van der Waals surface area contributed by atoms with E-state index in [9.17, 15) is 4.79 Å². The van der Waals surface area contributed by atoms with Crippen LogP contribution in [0, 0.1) is 11.3 Å². The number of primary amides is 1. The van der Waals surface area contributed by atoms with Crippen LogP contribution in [0.25, 0.3) is 0 Å². The second-order valence-corrected chi connectivity index (χ2v) is 2.98. The highest BCUT2D eigenvalue weighted by molar-refractivity contribution is 6.34. The fourth-order valence-electron chi connectivity index (χ4n) is 0.966. The Kier molecular flexibility index (Phi) is 3.32. The van der Waals surface area contributed by atoms with E-state index >= 15 is 0 Å². The minimum atomic E-state index is -0.568. The van der Waals surface area contributed by atoms with Crippen molar-refractivity contribution >= 4 is 23.2 Å². The molecule has 14 heavy (non-hydrogen) atoms. The molecular formula is C9H8ClN3O. The van der Waals surface area contributed by atoms with Gasteiger partial charge in [-0.15, -0.1) is 0 Å². The van der Waals surface area contributed by atoms with Gasteiger partial charge in [-0.1, -0.05) is 11.6 Å². The van der Waals surface area contributed by atoms with Crippen LogP contribution in [-0.2, 0) is 0 Å². The molecule has 0 unspecified atom stereocenters. The Morgan fingerprint density at radius 3 is 2.86 bits per heavy atom. The predicted molar refractivity (Wildman–Crippen MR) is 54.1 cm³/mol. The zero-order valence-corrected chi connectivity index (χ0v) is 8.01. The largest absolute Gasteiger partial charge is 0.372 e. The number of nitrogens with one attached hydrogen (secondary N) is 1. The van der Waals surface area contributed by atoms with E-state index < -0.39 is 5.91 Å². The van der Waals surface area contributed by atoms with Gasteiger partial charge in [0.25, 0.3) is 0 Å². The van der Waals surface area contributed by atoms with Crippen molar-refractivity contribution in [1.29, 1.82) is 5.26 Å². The lowest BCUT2D eigenvalue weighted by molar-refractivity contribution is 0.100. The van der Waals surface area contributed by atoms with E-state index in [1.165, 1.54) is 6.07 Å². The molecule has 1 aromatic rings. The first-order chi connectivity index (χ1) is 6.65. The van der Waals surface area contributed by atoms with Gasteiger partial charge in [0.2, 0.25) is 5.91 Å². The summed E-state index contributed by atoms with van der Waals surface area (Å²) in [5.74, 6) is -0.568. The van der Waals surface area contributed by atoms with Gasteiger partial charge in [-0.05, 0) is 18.2 Å². The highest BCUT2D eigenvalue weighted by Crippen LogP contribution is 2.20. The Morgan fingerprint density at radius 2 is 2.36 bits per heavy atom. The molecule has 0 saturated heterocycles. The highest BCUT2D eigenvalue weighted by atomic mass is 35.5. The first-order valence-electron chi connectivity index (χ1n) is 3.85. The summed E-state index contributed by atoms with van der Waals surface area (Å²) in [6, 6.07) is 6.64. The summed E-state index contributed by atoms with van der Waals surface area (Å²) in [4.78, 5) is 10.8. The normalized spacial score (nSPS) is 9.14. The van der Waals surface area contributed by atoms with Crippen molar-refractivity contribution in [3.8, 4) is 6.07 Å². The summed E-state index contributed by atoms with van der Waals surface area (Å²) in [5.41, 5.74) is 6.02. The summed E-state index contributed by atoms with van der Waals surface area (Å²) in [6.07, 6.45) is 0. The van der Waals surface area contributed by atoms with E-state index in [1.54, 1.807) is 12.1 Å². The lowest BCUT2D eigenvalue weighted by Gasteiger charge is -2.04. The van der Waals surface area contributed by atoms with E-state index in [1.807, 2.05) is 6.07 Å². The molecule has 3 N–H and O–H groups in total. The molecular weight excluding hydrogens is 202 g/mol. The Morgan fingerprint density at radius 1 is 1.64 bits per heavy atom. The number of carbonyl (C=O) groups is 1. The molecule has 0 aromatic heterocycles. The second-order valence-electron chi connectivity index (χ2n) is 2.57. The molecule has 72 valence electrons. The molecule has 0 heterocycles. The van der Waals surface area contributed by atoms with Crippen molar-refractivity contribution < 1.29 is 4.79 Å². The third-order valence-corrected chi connectivity index (χ3v) is 1.92. The van der Waals surface area contributed by atoms with Gasteiger partial charge in [0, 0.05) is 5.69 Å². The number of halogens is 1. The number of anilines is 1. The minimum Gasteiger partial charge on any atom is -0.372 e. The summed E-state index contributed by atoms with van der Waals surface area (Å²) in [6.45, 7) is 0.187. The number of carbonyl (C=O) groups excluding carboxylic acids is 1. The van der Waals surface area contributed by atoms with Gasteiger partial charge in [0.15, 0.2) is 0 Å². The molecule has 0 bridgehead atoms. The van der Waals surface area contributed by atoms with Gasteiger partial charge >= 0.3 is 0 Å². The second kappa shape index (κ2) is 4.49. The van der Waals surface area contributed by atoms with Crippen molar-refractivity contribution in [2.24, 2.45) is 5.73 Å². The molecule has 0 aliphatic rings. The number of nitrogens with two attached hydrogens (primary N) is 1. The van der Waals surface area contributed by atoms with Gasteiger partial charge in [-0.2, -0.15) is 5.26 Å². The van der Waals surface area contributed by atoms with E-state index in [4.69, 9.17) is 22.6 Å². The van der Waals surface area contributed by atoms with Crippen molar-refractivity contribution in [2.45, 2.75) is 0 Å². The zero-order chi connectivity index (χ0) is 10.6. The first-order valence-corrected chi connectivity index (χ1v) is 4.23. The van der Waals surface area contributed by atoms with Crippen LogP contribution in [0.1, 0.15) is 10.4 Å². The van der Waals surface area contributed by atoms with Gasteiger partial charge < -0.3 is 11.1 Å². The molecule has 0 aliphatic carbocycles. The summed E-state index contributed by atoms with van der Waals surface area (Å²) in [7, 11) is 0. The molecule has 0 aliphatic heterocycles. The van der Waals surface area contributed by atoms with E-state index in [0.29, 0.717) is 5.69 Å². The molecule has 0 atom stereocenters. The molecule has 1 aromatic carbocycles. The maximum atomic E-state index is 10.8. The van der Waals surface area contributed by atoms with Crippen LogP contribution in [0.15, 0.2) is 18.2 Å². The maximum absolute atomic E-state index is 10.8. The van der Waals surface area contributed by atoms with Crippen molar-refractivity contribution in [3.05, 3.63) is 28.8 Å². The van der Waals surface area contributed by atoms with Gasteiger partial charge in [-0.3, -0.25) is 4.79 Å². The van der Waals surface area contributed by atoms with Crippen LogP contribution in [-0.4, -0.2) is 12.5 Å². The minimum absolute atomic E-state index is 0.187. The number of hydrogen-bond acceptors (Lipinski definition) is 3. The number of rotatable bonds is 3. The molecule has 4 nitrogen and oxygen atoms in total. The zero-order valence-electron chi connectivity index (χ0n) is 7.25. The average molecular weight is 210 g/mol. The fraction of sp³-hybridized carbons (Fsp3) is 0.111. The molecule has 0 radical (unpaired) electrons. The molecule has 0 spiro atoms. The molecule has 0 saturated carbocycles. The number of nitriles is 1. The number of amides is 1. The fourth-order valence-corrected chi connectivity index (χ4v) is 1.24. The Hall–Kier alpha value is -1.73. The van der Waals surface area contributed by atoms with Crippen LogP contribution in [0.3, 0.4) is 0 Å². The van der Waals surface area contributed by atoms with E-state index in [-0.39, 0.29) is 17.1 Å². The Bertz CT molecular complexity index is 398. The van der Waals surface area contributed by atoms with E-state index in [2.05, 4.69) is 5.32 Å². The molecule has 0 fully saturated rings. The van der Waals surface area contributed by atoms with Crippen molar-refractivity contribution in [1.82, 2.24) is 0 Å². The molecule has 1 rings (SSSR count). The van der Waals surface area contributed by atoms with E-state index in [0.717, 1.165) is 0 Å². The quantitative estimate of drug-likeness (QED) is 0.738. The van der Waals surface area contributed by atoms with Gasteiger partial charge in [-0.25, -0.2) is 0 Å². The van der Waals surface area contributed by atoms with Crippen LogP contribution < -0.4 is 11.1 Å². The predicted octanol–water partition coefficient (Wildman–Crippen LogP) is 1.37. The van der Waals surface area contributed by atoms with Gasteiger partial charge in [0.05, 0.1) is 16.7 Å². The first kappa shape index (κ1) is 10.4. The van der Waals surface area contributed by atoms with Gasteiger partial charge in [0.1, 0.15) is 6.54 Å². The summed E-state index contributed by atoms with van der Waals surface area (Å²) in [5, 5.41) is 11.4. The lowest BCUT2D eigenvalue weighted by atomic mass is 10.2. The SMILES string of the molecule is N#CCNc1ccc(C(N)=O)c(Cl)c1. The number of nitrogens with zero attached hydrogens (tertiary/aromatic N) is 1. The summed E-state index contributed by atoms with van der Waals surface area (Å²) >= 11 is 5.78. The molecule has 1 amide bonds. The number of benzene rings is 1. The van der Waals surface area contributed by atoms with Crippen LogP contribution in [0.5, 0.6) is 0 Å². The van der Waals surface area contributed by atoms with Crippen LogP contribution >= 0.6 is 11.6 Å². The smallest absolute Gasteiger partial charge is 0.250 e. The Labute approximate surface area is 86.3 Å². The Balaban J connectivity index is 2.90. The topological polar surface area (TPSA) is 78.9 Å². The number of hydrogen-bond donors (Lipinski definition) is 2. The molecule has 5 heteroatoms. The van der Waals surface area contributed by atoms with Crippen molar-refractivity contribution in [3.63, 3.8) is 0 Å². The lowest BCUT2D eigenvalue weighted by Crippen LogP contribution is -2.11. The highest BCUT2D eigenvalue weighted by Gasteiger charge is 2.06. The van der Waals surface area contributed by atoms with Crippen LogP contribution in [0.4, 0.5) is 5.69 Å². The summed E-state index contributed by atoms with van der Waals surface area (Å²) < 4.78 is 0. The third kappa shape index (κ3) is 2.38. The average Bonchev–Trinajstić information content (AvgIpc) is 2.14. The van der Waals surface area contributed by atoms with Crippen molar-refractivity contribution in [2.75, 3.05) is 11.9 Å². The maximum Gasteiger partial charge on any atom is 0.250 e. The standard InChI is InChI=1S/C9H8ClN3O/c10-8-5-6(13-4-3-11)1-2-7(8)9(12)14/h1-2,5,13H,4H2,(H2,12,14). The monoisotopic (exact) mass is 209 g/mol. The van der Waals surface area contributed by atoms with Crippen LogP contribution in [0.2, 0.25) is 5.02 Å².